The molecule has 1 N–H and O–H groups in total. The molecule has 1 aliphatic carbocycles. The molecular weight excluding hydrogens is 519 g/mol. The first kappa shape index (κ1) is 27.1. The molecule has 8 heteroatoms. The van der Waals surface area contributed by atoms with Crippen molar-refractivity contribution in [1.82, 2.24) is 0 Å². The molecule has 208 valence electrons. The molecule has 2 atom stereocenters. The van der Waals surface area contributed by atoms with E-state index >= 15 is 0 Å². The normalized spacial score (nSPS) is 21.9. The van der Waals surface area contributed by atoms with Crippen LogP contribution in [0.15, 0.2) is 90.7 Å². The summed E-state index contributed by atoms with van der Waals surface area (Å²) in [5, 5.41) is 9.88. The first-order valence-corrected chi connectivity index (χ1v) is 13.7. The summed E-state index contributed by atoms with van der Waals surface area (Å²) in [5.74, 6) is -0.171. The molecule has 3 aromatic carbocycles. The highest BCUT2D eigenvalue weighted by Gasteiger charge is 2.51. The van der Waals surface area contributed by atoms with Crippen LogP contribution in [0, 0.1) is 5.92 Å². The topological polar surface area (TPSA) is 91.3 Å². The van der Waals surface area contributed by atoms with Crippen LogP contribution >= 0.6 is 0 Å². The van der Waals surface area contributed by atoms with Gasteiger partial charge in [-0.2, -0.15) is 0 Å². The minimum Gasteiger partial charge on any atom is -0.489 e. The maximum atomic E-state index is 12.2. The van der Waals surface area contributed by atoms with E-state index in [2.05, 4.69) is 0 Å². The fourth-order valence-corrected chi connectivity index (χ4v) is 5.46. The number of aromatic carboxylic acids is 1. The number of ketones is 1. The molecular formula is C33H31BO7. The van der Waals surface area contributed by atoms with E-state index in [-0.39, 0.29) is 23.2 Å². The molecule has 7 nitrogen and oxygen atoms in total. The van der Waals surface area contributed by atoms with Crippen LogP contribution in [0.5, 0.6) is 11.5 Å². The predicted molar refractivity (Wildman–Crippen MR) is 155 cm³/mol. The zero-order chi connectivity index (χ0) is 28.9. The fraction of sp³-hybridized carbons (Fsp3) is 0.273. The number of fused-ring (bicyclic) bond motifs is 2. The minimum atomic E-state index is -1.00. The van der Waals surface area contributed by atoms with Crippen molar-refractivity contribution in [2.45, 2.75) is 51.4 Å². The average molecular weight is 550 g/mol. The van der Waals surface area contributed by atoms with Crippen LogP contribution in [0.4, 0.5) is 0 Å². The first-order chi connectivity index (χ1) is 19.5. The maximum Gasteiger partial charge on any atom is 0.494 e. The molecule has 2 aliphatic heterocycles. The van der Waals surface area contributed by atoms with E-state index < -0.39 is 24.3 Å². The van der Waals surface area contributed by atoms with Gasteiger partial charge in [-0.3, -0.25) is 4.79 Å². The second-order valence-corrected chi connectivity index (χ2v) is 11.6. The Bertz CT molecular complexity index is 1570. The Balaban J connectivity index is 1.24. The number of allylic oxidation sites excluding steroid dienone is 3. The summed E-state index contributed by atoms with van der Waals surface area (Å²) in [7, 11) is -0.424. The SMILES string of the molecule is CC1(C)OB(c2ccc(COc3ccc4c(c3)OC3=CC(=O)C=CC3C4c3ccccc3C(=O)O)cc2)OC1(C)C. The summed E-state index contributed by atoms with van der Waals surface area (Å²) < 4.78 is 24.6. The monoisotopic (exact) mass is 550 g/mol. The lowest BCUT2D eigenvalue weighted by Gasteiger charge is -2.35. The van der Waals surface area contributed by atoms with Crippen LogP contribution in [0.2, 0.25) is 0 Å². The number of benzene rings is 3. The Kier molecular flexibility index (Phi) is 6.63. The Morgan fingerprint density at radius 1 is 0.951 bits per heavy atom. The van der Waals surface area contributed by atoms with E-state index in [1.54, 1.807) is 24.3 Å². The molecule has 2 unspecified atom stereocenters. The standard InChI is InChI=1S/C33H31BO7/c1-32(2)33(3,4)41-34(40-32)21-11-9-20(10-12-21)19-38-23-14-16-27-29(18-23)39-28-17-22(35)13-15-26(28)30(27)24-7-5-6-8-25(24)31(36)37/h5-18,26,30H,19H2,1-4H3,(H,36,37). The zero-order valence-electron chi connectivity index (χ0n) is 23.4. The van der Waals surface area contributed by atoms with Crippen LogP contribution in [-0.2, 0) is 20.7 Å². The van der Waals surface area contributed by atoms with Gasteiger partial charge in [0.15, 0.2) is 5.78 Å². The van der Waals surface area contributed by atoms with E-state index in [4.69, 9.17) is 18.8 Å². The second kappa shape index (κ2) is 10.0. The smallest absolute Gasteiger partial charge is 0.489 e. The molecule has 0 radical (unpaired) electrons. The number of carbonyl (C=O) groups excluding carboxylic acids is 1. The second-order valence-electron chi connectivity index (χ2n) is 11.6. The zero-order valence-corrected chi connectivity index (χ0v) is 23.4. The molecule has 3 aliphatic rings. The van der Waals surface area contributed by atoms with E-state index in [9.17, 15) is 14.7 Å². The van der Waals surface area contributed by atoms with E-state index in [1.165, 1.54) is 12.2 Å². The van der Waals surface area contributed by atoms with Gasteiger partial charge in [0.1, 0.15) is 23.9 Å². The summed E-state index contributed by atoms with van der Waals surface area (Å²) in [5.41, 5.74) is 2.83. The van der Waals surface area contributed by atoms with Gasteiger partial charge in [0.2, 0.25) is 0 Å². The molecule has 1 fully saturated rings. The summed E-state index contributed by atoms with van der Waals surface area (Å²) in [4.78, 5) is 24.2. The lowest BCUT2D eigenvalue weighted by molar-refractivity contribution is -0.110. The Hall–Kier alpha value is -4.14. The molecule has 1 saturated heterocycles. The van der Waals surface area contributed by atoms with Crippen molar-refractivity contribution in [2.75, 3.05) is 0 Å². The highest BCUT2D eigenvalue weighted by atomic mass is 16.7. The van der Waals surface area contributed by atoms with Gasteiger partial charge in [-0.05, 0) is 62.5 Å². The molecule has 0 bridgehead atoms. The third-order valence-corrected chi connectivity index (χ3v) is 8.42. The molecule has 2 heterocycles. The van der Waals surface area contributed by atoms with Gasteiger partial charge >= 0.3 is 13.1 Å². The van der Waals surface area contributed by atoms with Gasteiger partial charge in [0.05, 0.1) is 16.8 Å². The van der Waals surface area contributed by atoms with E-state index in [0.29, 0.717) is 29.4 Å². The quantitative estimate of drug-likeness (QED) is 0.410. The molecule has 41 heavy (non-hydrogen) atoms. The lowest BCUT2D eigenvalue weighted by atomic mass is 9.74. The van der Waals surface area contributed by atoms with Crippen molar-refractivity contribution in [3.05, 3.63) is 113 Å². The van der Waals surface area contributed by atoms with Crippen molar-refractivity contribution in [3.8, 4) is 11.5 Å². The van der Waals surface area contributed by atoms with Gasteiger partial charge < -0.3 is 23.9 Å². The van der Waals surface area contributed by atoms with Crippen molar-refractivity contribution in [2.24, 2.45) is 5.92 Å². The summed E-state index contributed by atoms with van der Waals surface area (Å²) in [6, 6.07) is 20.5. The third-order valence-electron chi connectivity index (χ3n) is 8.42. The highest BCUT2D eigenvalue weighted by Crippen LogP contribution is 2.49. The van der Waals surface area contributed by atoms with Gasteiger partial charge in [-0.25, -0.2) is 4.79 Å². The lowest BCUT2D eigenvalue weighted by Crippen LogP contribution is -2.41. The Labute approximate surface area is 239 Å². The molecule has 0 spiro atoms. The number of ether oxygens (including phenoxy) is 2. The molecule has 0 aromatic heterocycles. The van der Waals surface area contributed by atoms with Crippen LogP contribution in [0.1, 0.15) is 60.7 Å². The van der Waals surface area contributed by atoms with Gasteiger partial charge in [0.25, 0.3) is 0 Å². The number of carboxylic acids is 1. The molecule has 0 saturated carbocycles. The summed E-state index contributed by atoms with van der Waals surface area (Å²) >= 11 is 0. The molecule has 0 amide bonds. The minimum absolute atomic E-state index is 0.165. The Morgan fingerprint density at radius 3 is 2.37 bits per heavy atom. The summed E-state index contributed by atoms with van der Waals surface area (Å²) in [6.07, 6.45) is 4.77. The Morgan fingerprint density at radius 2 is 1.66 bits per heavy atom. The highest BCUT2D eigenvalue weighted by molar-refractivity contribution is 6.62. The number of hydrogen-bond donors (Lipinski definition) is 1. The van der Waals surface area contributed by atoms with Gasteiger partial charge in [-0.15, -0.1) is 0 Å². The van der Waals surface area contributed by atoms with Crippen molar-refractivity contribution >= 4 is 24.3 Å². The molecule has 6 rings (SSSR count). The van der Waals surface area contributed by atoms with Crippen molar-refractivity contribution in [3.63, 3.8) is 0 Å². The van der Waals surface area contributed by atoms with Crippen LogP contribution < -0.4 is 14.9 Å². The summed E-state index contributed by atoms with van der Waals surface area (Å²) in [6.45, 7) is 8.46. The van der Waals surface area contributed by atoms with Crippen LogP contribution in [-0.4, -0.2) is 35.2 Å². The van der Waals surface area contributed by atoms with Crippen LogP contribution in [0.25, 0.3) is 0 Å². The van der Waals surface area contributed by atoms with Gasteiger partial charge in [0, 0.05) is 29.5 Å². The number of hydrogen-bond acceptors (Lipinski definition) is 6. The number of rotatable bonds is 6. The maximum absolute atomic E-state index is 12.2. The van der Waals surface area contributed by atoms with Crippen molar-refractivity contribution < 1.29 is 33.5 Å². The average Bonchev–Trinajstić information content (AvgIpc) is 3.16. The third kappa shape index (κ3) is 4.98. The predicted octanol–water partition coefficient (Wildman–Crippen LogP) is 5.43. The van der Waals surface area contributed by atoms with Crippen molar-refractivity contribution in [1.29, 1.82) is 0 Å². The van der Waals surface area contributed by atoms with Crippen LogP contribution in [0.3, 0.4) is 0 Å². The fourth-order valence-electron chi connectivity index (χ4n) is 5.46. The molecule has 3 aromatic rings. The number of carboxylic acid groups (broad SMARTS) is 1. The number of carbonyl (C=O) groups is 2. The van der Waals surface area contributed by atoms with E-state index in [1.807, 2.05) is 76.2 Å². The van der Waals surface area contributed by atoms with E-state index in [0.717, 1.165) is 16.6 Å². The largest absolute Gasteiger partial charge is 0.494 e. The first-order valence-electron chi connectivity index (χ1n) is 13.7. The van der Waals surface area contributed by atoms with Gasteiger partial charge in [-0.1, -0.05) is 54.6 Å².